The first-order chi connectivity index (χ1) is 12.7. The van der Waals surface area contributed by atoms with Crippen LogP contribution in [0.25, 0.3) is 0 Å². The van der Waals surface area contributed by atoms with Gasteiger partial charge in [0.05, 0.1) is 7.11 Å². The normalized spacial score (nSPS) is 21.0. The molecule has 26 heavy (non-hydrogen) atoms. The quantitative estimate of drug-likeness (QED) is 0.399. The van der Waals surface area contributed by atoms with Crippen molar-refractivity contribution >= 4 is 5.97 Å². The molecular weight excluding hydrogens is 328 g/mol. The zero-order chi connectivity index (χ0) is 18.0. The number of hydrogen-bond acceptors (Lipinski definition) is 4. The van der Waals surface area contributed by atoms with E-state index >= 15 is 0 Å². The molecule has 1 aliphatic heterocycles. The van der Waals surface area contributed by atoms with Crippen molar-refractivity contribution in [2.24, 2.45) is 0 Å². The Hall–Kier alpha value is -3.11. The van der Waals surface area contributed by atoms with Crippen LogP contribution in [0.4, 0.5) is 0 Å². The Morgan fingerprint density at radius 2 is 1.38 bits per heavy atom. The zero-order valence-corrected chi connectivity index (χ0v) is 14.3. The maximum atomic E-state index is 12.7. The lowest BCUT2D eigenvalue weighted by Gasteiger charge is -2.14. The lowest BCUT2D eigenvalue weighted by molar-refractivity contribution is -0.135. The minimum atomic E-state index is -0.834. The first kappa shape index (κ1) is 16.4. The second kappa shape index (κ2) is 6.65. The fourth-order valence-corrected chi connectivity index (χ4v) is 3.15. The summed E-state index contributed by atoms with van der Waals surface area (Å²) in [7, 11) is 1.62. The van der Waals surface area contributed by atoms with Crippen molar-refractivity contribution in [3.05, 3.63) is 96.1 Å². The summed E-state index contributed by atoms with van der Waals surface area (Å²) >= 11 is 0. The number of benzene rings is 3. The highest BCUT2D eigenvalue weighted by atomic mass is 16.7. The van der Waals surface area contributed by atoms with Gasteiger partial charge in [0.15, 0.2) is 11.7 Å². The molecule has 0 bridgehead atoms. The Kier molecular flexibility index (Phi) is 4.19. The molecule has 3 aromatic carbocycles. The van der Waals surface area contributed by atoms with E-state index < -0.39 is 17.7 Å². The second-order valence-corrected chi connectivity index (χ2v) is 6.06. The standard InChI is InChI=1S/C22H18O4/c1-24-18-14-12-17(13-15-18)22(16-8-4-2-5-9-16)20(26-22)21(23)25-19-10-6-3-7-11-19/h2-15,20H,1H3. The van der Waals surface area contributed by atoms with Crippen molar-refractivity contribution in [1.82, 2.24) is 0 Å². The molecule has 0 N–H and O–H groups in total. The van der Waals surface area contributed by atoms with E-state index in [4.69, 9.17) is 14.2 Å². The Morgan fingerprint density at radius 1 is 0.808 bits per heavy atom. The van der Waals surface area contributed by atoms with E-state index in [1.165, 1.54) is 0 Å². The van der Waals surface area contributed by atoms with Gasteiger partial charge in [0.25, 0.3) is 0 Å². The lowest BCUT2D eigenvalue weighted by atomic mass is 9.88. The highest BCUT2D eigenvalue weighted by molar-refractivity contribution is 5.83. The van der Waals surface area contributed by atoms with E-state index in [0.29, 0.717) is 5.75 Å². The Bertz CT molecular complexity index is 890. The fraction of sp³-hybridized carbons (Fsp3) is 0.136. The minimum Gasteiger partial charge on any atom is -0.497 e. The minimum absolute atomic E-state index is 0.407. The van der Waals surface area contributed by atoms with Crippen molar-refractivity contribution in [2.75, 3.05) is 7.11 Å². The molecule has 3 aromatic rings. The van der Waals surface area contributed by atoms with Gasteiger partial charge in [-0.3, -0.25) is 0 Å². The van der Waals surface area contributed by atoms with Crippen LogP contribution in [-0.2, 0) is 15.1 Å². The summed E-state index contributed by atoms with van der Waals surface area (Å²) in [5.74, 6) is 0.849. The predicted octanol–water partition coefficient (Wildman–Crippen LogP) is 3.94. The van der Waals surface area contributed by atoms with Crippen LogP contribution < -0.4 is 9.47 Å². The maximum Gasteiger partial charge on any atom is 0.344 e. The number of carbonyl (C=O) groups excluding carboxylic acids is 1. The number of ether oxygens (including phenoxy) is 3. The fourth-order valence-electron chi connectivity index (χ4n) is 3.15. The summed E-state index contributed by atoms with van der Waals surface area (Å²) in [6.45, 7) is 0. The molecule has 1 saturated heterocycles. The van der Waals surface area contributed by atoms with Crippen LogP contribution in [0, 0.1) is 0 Å². The SMILES string of the molecule is COc1ccc(C2(c3ccccc3)OC2C(=O)Oc2ccccc2)cc1. The van der Waals surface area contributed by atoms with Crippen LogP contribution in [-0.4, -0.2) is 19.2 Å². The van der Waals surface area contributed by atoms with Crippen molar-refractivity contribution < 1.29 is 19.0 Å². The van der Waals surface area contributed by atoms with E-state index in [0.717, 1.165) is 16.9 Å². The summed E-state index contributed by atoms with van der Waals surface area (Å²) in [5.41, 5.74) is 0.971. The molecule has 4 rings (SSSR count). The molecule has 0 spiro atoms. The van der Waals surface area contributed by atoms with Gasteiger partial charge >= 0.3 is 5.97 Å². The van der Waals surface area contributed by atoms with Gasteiger partial charge in [-0.1, -0.05) is 60.7 Å². The Balaban J connectivity index is 1.66. The number of esters is 1. The van der Waals surface area contributed by atoms with Gasteiger partial charge in [-0.2, -0.15) is 0 Å². The molecule has 1 fully saturated rings. The van der Waals surface area contributed by atoms with E-state index in [1.54, 1.807) is 19.2 Å². The van der Waals surface area contributed by atoms with Gasteiger partial charge in [0.1, 0.15) is 11.5 Å². The molecule has 130 valence electrons. The molecule has 0 aliphatic carbocycles. The predicted molar refractivity (Wildman–Crippen MR) is 97.2 cm³/mol. The summed E-state index contributed by atoms with van der Waals surface area (Å²) < 4.78 is 16.7. The number of para-hydroxylation sites is 1. The van der Waals surface area contributed by atoms with E-state index in [1.807, 2.05) is 72.8 Å². The van der Waals surface area contributed by atoms with Gasteiger partial charge in [-0.15, -0.1) is 0 Å². The Morgan fingerprint density at radius 3 is 2.00 bits per heavy atom. The molecule has 4 nitrogen and oxygen atoms in total. The highest BCUT2D eigenvalue weighted by Crippen LogP contribution is 2.52. The third kappa shape index (κ3) is 2.85. The van der Waals surface area contributed by atoms with Crippen molar-refractivity contribution in [1.29, 1.82) is 0 Å². The number of methoxy groups -OCH3 is 1. The zero-order valence-electron chi connectivity index (χ0n) is 14.3. The largest absolute Gasteiger partial charge is 0.497 e. The molecule has 2 atom stereocenters. The van der Waals surface area contributed by atoms with Gasteiger partial charge < -0.3 is 14.2 Å². The average Bonchev–Trinajstić information content (AvgIpc) is 3.47. The number of carbonyl (C=O) groups is 1. The molecule has 4 heteroatoms. The van der Waals surface area contributed by atoms with Crippen LogP contribution in [0.5, 0.6) is 11.5 Å². The number of epoxide rings is 1. The van der Waals surface area contributed by atoms with Crippen molar-refractivity contribution in [2.45, 2.75) is 11.7 Å². The molecule has 1 aliphatic rings. The lowest BCUT2D eigenvalue weighted by Crippen LogP contribution is -2.24. The number of hydrogen-bond donors (Lipinski definition) is 0. The van der Waals surface area contributed by atoms with E-state index in [2.05, 4.69) is 0 Å². The topological polar surface area (TPSA) is 48.1 Å². The molecule has 0 saturated carbocycles. The summed E-state index contributed by atoms with van der Waals surface area (Å²) in [4.78, 5) is 12.7. The van der Waals surface area contributed by atoms with Gasteiger partial charge in [0.2, 0.25) is 0 Å². The molecule has 0 amide bonds. The maximum absolute atomic E-state index is 12.7. The summed E-state index contributed by atoms with van der Waals surface area (Å²) in [6.07, 6.45) is -0.696. The monoisotopic (exact) mass is 346 g/mol. The summed E-state index contributed by atoms with van der Waals surface area (Å²) in [5, 5.41) is 0. The first-order valence-corrected chi connectivity index (χ1v) is 8.38. The van der Waals surface area contributed by atoms with E-state index in [-0.39, 0.29) is 0 Å². The first-order valence-electron chi connectivity index (χ1n) is 8.38. The van der Waals surface area contributed by atoms with Crippen LogP contribution >= 0.6 is 0 Å². The summed E-state index contributed by atoms with van der Waals surface area (Å²) in [6, 6.07) is 26.3. The molecule has 2 unspecified atom stereocenters. The average molecular weight is 346 g/mol. The Labute approximate surface area is 152 Å². The highest BCUT2D eigenvalue weighted by Gasteiger charge is 2.64. The third-order valence-corrected chi connectivity index (χ3v) is 4.51. The van der Waals surface area contributed by atoms with Gasteiger partial charge in [-0.05, 0) is 35.4 Å². The van der Waals surface area contributed by atoms with Crippen LogP contribution in [0.15, 0.2) is 84.9 Å². The van der Waals surface area contributed by atoms with Gasteiger partial charge in [0, 0.05) is 0 Å². The molecule has 0 radical (unpaired) electrons. The molecular formula is C22H18O4. The van der Waals surface area contributed by atoms with Crippen LogP contribution in [0.2, 0.25) is 0 Å². The van der Waals surface area contributed by atoms with Crippen LogP contribution in [0.3, 0.4) is 0 Å². The van der Waals surface area contributed by atoms with Crippen LogP contribution in [0.1, 0.15) is 11.1 Å². The second-order valence-electron chi connectivity index (χ2n) is 6.06. The van der Waals surface area contributed by atoms with Crippen molar-refractivity contribution in [3.63, 3.8) is 0 Å². The third-order valence-electron chi connectivity index (χ3n) is 4.51. The smallest absolute Gasteiger partial charge is 0.344 e. The van der Waals surface area contributed by atoms with E-state index in [9.17, 15) is 4.79 Å². The van der Waals surface area contributed by atoms with Gasteiger partial charge in [-0.25, -0.2) is 4.79 Å². The number of rotatable bonds is 5. The molecule has 1 heterocycles. The molecule has 0 aromatic heterocycles. The van der Waals surface area contributed by atoms with Crippen molar-refractivity contribution in [3.8, 4) is 11.5 Å².